The molecule has 0 saturated heterocycles. The number of fused-ring (bicyclic) bond motifs is 1. The van der Waals surface area contributed by atoms with Crippen LogP contribution >= 0.6 is 0 Å². The third kappa shape index (κ3) is 3.73. The fraction of sp³-hybridized carbons (Fsp3) is 0.0455. The van der Waals surface area contributed by atoms with Crippen LogP contribution in [0.2, 0.25) is 0 Å². The van der Waals surface area contributed by atoms with E-state index in [0.717, 1.165) is 22.8 Å². The molecule has 0 saturated carbocycles. The molecule has 2 heterocycles. The van der Waals surface area contributed by atoms with Crippen molar-refractivity contribution in [2.24, 2.45) is 0 Å². The molecule has 2 aromatic heterocycles. The Morgan fingerprint density at radius 2 is 1.81 bits per heavy atom. The molecule has 31 heavy (non-hydrogen) atoms. The Balaban J connectivity index is 1.82. The first-order valence-corrected chi connectivity index (χ1v) is 9.07. The number of nitrogens with one attached hydrogen (secondary N) is 1. The van der Waals surface area contributed by atoms with Gasteiger partial charge in [-0.05, 0) is 36.4 Å². The zero-order chi connectivity index (χ0) is 22.1. The molecule has 9 heteroatoms. The highest BCUT2D eigenvalue weighted by Crippen LogP contribution is 2.27. The van der Waals surface area contributed by atoms with Crippen LogP contribution in [0.1, 0.15) is 15.9 Å². The third-order valence-electron chi connectivity index (χ3n) is 4.66. The molecule has 0 bridgehead atoms. The molecule has 6 nitrogen and oxygen atoms in total. The minimum atomic E-state index is -0.984. The summed E-state index contributed by atoms with van der Waals surface area (Å²) in [5.74, 6) is -3.85. The molecule has 0 aliphatic carbocycles. The average molecular weight is 425 g/mol. The quantitative estimate of drug-likeness (QED) is 0.525. The number of rotatable bonds is 4. The van der Waals surface area contributed by atoms with Gasteiger partial charge in [-0.3, -0.25) is 14.2 Å². The fourth-order valence-electron chi connectivity index (χ4n) is 3.19. The summed E-state index contributed by atoms with van der Waals surface area (Å²) in [7, 11) is 0. The zero-order valence-electron chi connectivity index (χ0n) is 15.8. The average Bonchev–Trinajstić information content (AvgIpc) is 2.73. The lowest BCUT2D eigenvalue weighted by Crippen LogP contribution is -2.33. The number of amides is 1. The van der Waals surface area contributed by atoms with Crippen molar-refractivity contribution >= 4 is 16.9 Å². The highest BCUT2D eigenvalue weighted by molar-refractivity contribution is 6.02. The second-order valence-corrected chi connectivity index (χ2v) is 6.64. The van der Waals surface area contributed by atoms with Crippen LogP contribution in [0.3, 0.4) is 0 Å². The van der Waals surface area contributed by atoms with Crippen molar-refractivity contribution in [3.63, 3.8) is 0 Å². The van der Waals surface area contributed by atoms with Crippen LogP contribution < -0.4 is 10.9 Å². The largest absolute Gasteiger partial charge is 0.506 e. The van der Waals surface area contributed by atoms with Gasteiger partial charge in [-0.15, -0.1) is 0 Å². The predicted molar refractivity (Wildman–Crippen MR) is 106 cm³/mol. The van der Waals surface area contributed by atoms with Crippen LogP contribution in [0.15, 0.2) is 65.6 Å². The highest BCUT2D eigenvalue weighted by Gasteiger charge is 2.24. The second kappa shape index (κ2) is 7.94. The van der Waals surface area contributed by atoms with Gasteiger partial charge >= 0.3 is 0 Å². The smallest absolute Gasteiger partial charge is 0.273 e. The zero-order valence-corrected chi connectivity index (χ0v) is 15.8. The molecular formula is C22H14F3N3O3. The molecule has 0 unspecified atom stereocenters. The summed E-state index contributed by atoms with van der Waals surface area (Å²) >= 11 is 0. The van der Waals surface area contributed by atoms with Gasteiger partial charge in [0.1, 0.15) is 28.8 Å². The van der Waals surface area contributed by atoms with E-state index < -0.39 is 40.2 Å². The number of nitrogens with zero attached hydrogens (tertiary/aromatic N) is 2. The molecule has 2 aromatic carbocycles. The second-order valence-electron chi connectivity index (χ2n) is 6.64. The van der Waals surface area contributed by atoms with E-state index in [4.69, 9.17) is 0 Å². The van der Waals surface area contributed by atoms with Crippen LogP contribution in [-0.2, 0) is 6.54 Å². The Morgan fingerprint density at radius 3 is 2.55 bits per heavy atom. The normalized spacial score (nSPS) is 10.9. The standard InChI is InChI=1S/C22H14F3N3O3/c23-13-3-1-4-15(9-13)28-20-16(5-2-8-26-20)19(29)18(22(28)31)21(30)27-11-12-6-7-14(24)10-17(12)25/h1-10,29H,11H2,(H,27,30). The molecule has 1 amide bonds. The monoisotopic (exact) mass is 425 g/mol. The molecule has 4 rings (SSSR count). The number of hydrogen-bond donors (Lipinski definition) is 2. The van der Waals surface area contributed by atoms with Crippen molar-refractivity contribution < 1.29 is 23.1 Å². The van der Waals surface area contributed by atoms with Gasteiger partial charge in [0.05, 0.1) is 11.1 Å². The molecular weight excluding hydrogens is 411 g/mol. The Labute approximate surface area is 173 Å². The summed E-state index contributed by atoms with van der Waals surface area (Å²) in [6.07, 6.45) is 1.38. The van der Waals surface area contributed by atoms with Gasteiger partial charge in [-0.1, -0.05) is 12.1 Å². The lowest BCUT2D eigenvalue weighted by molar-refractivity contribution is 0.0946. The number of halogens is 3. The van der Waals surface area contributed by atoms with E-state index in [0.29, 0.717) is 6.07 Å². The Hall–Kier alpha value is -4.14. The molecule has 0 aliphatic rings. The van der Waals surface area contributed by atoms with E-state index in [1.807, 2.05) is 0 Å². The number of aromatic hydroxyl groups is 1. The van der Waals surface area contributed by atoms with E-state index >= 15 is 0 Å². The maximum absolute atomic E-state index is 13.8. The molecule has 0 atom stereocenters. The van der Waals surface area contributed by atoms with E-state index in [1.165, 1.54) is 36.5 Å². The van der Waals surface area contributed by atoms with Gasteiger partial charge < -0.3 is 10.4 Å². The Kier molecular flexibility index (Phi) is 5.16. The minimum absolute atomic E-state index is 0.0119. The molecule has 0 aliphatic heterocycles. The van der Waals surface area contributed by atoms with Crippen LogP contribution in [0.4, 0.5) is 13.2 Å². The summed E-state index contributed by atoms with van der Waals surface area (Å²) in [6.45, 7) is -0.352. The molecule has 156 valence electrons. The predicted octanol–water partition coefficient (Wildman–Crippen LogP) is 3.44. The molecule has 0 fully saturated rings. The van der Waals surface area contributed by atoms with E-state index in [2.05, 4.69) is 10.3 Å². The topological polar surface area (TPSA) is 84.2 Å². The van der Waals surface area contributed by atoms with Crippen molar-refractivity contribution in [2.75, 3.05) is 0 Å². The lowest BCUT2D eigenvalue weighted by atomic mass is 10.1. The lowest BCUT2D eigenvalue weighted by Gasteiger charge is -2.14. The molecule has 2 N–H and O–H groups in total. The SMILES string of the molecule is O=C(NCc1ccc(F)cc1F)c1c(O)c2cccnc2n(-c2cccc(F)c2)c1=O. The van der Waals surface area contributed by atoms with E-state index in [9.17, 15) is 27.9 Å². The summed E-state index contributed by atoms with van der Waals surface area (Å²) in [5, 5.41) is 13.0. The fourth-order valence-corrected chi connectivity index (χ4v) is 3.19. The minimum Gasteiger partial charge on any atom is -0.506 e. The maximum Gasteiger partial charge on any atom is 0.273 e. The van der Waals surface area contributed by atoms with E-state index in [1.54, 1.807) is 0 Å². The summed E-state index contributed by atoms with van der Waals surface area (Å²) in [5.41, 5.74) is -1.44. The van der Waals surface area contributed by atoms with Gasteiger partial charge in [0.25, 0.3) is 11.5 Å². The molecule has 0 spiro atoms. The number of pyridine rings is 2. The van der Waals surface area contributed by atoms with Crippen molar-refractivity contribution in [1.29, 1.82) is 0 Å². The number of aromatic nitrogens is 2. The van der Waals surface area contributed by atoms with Gasteiger partial charge in [0.2, 0.25) is 0 Å². The van der Waals surface area contributed by atoms with Crippen LogP contribution in [0.25, 0.3) is 16.7 Å². The van der Waals surface area contributed by atoms with Gasteiger partial charge in [-0.2, -0.15) is 0 Å². The summed E-state index contributed by atoms with van der Waals surface area (Å²) < 4.78 is 41.7. The van der Waals surface area contributed by atoms with Crippen LogP contribution in [0, 0.1) is 17.5 Å². The number of hydrogen-bond acceptors (Lipinski definition) is 4. The number of carbonyl (C=O) groups excluding carboxylic acids is 1. The van der Waals surface area contributed by atoms with Crippen molar-refractivity contribution in [3.05, 3.63) is 99.7 Å². The van der Waals surface area contributed by atoms with Crippen molar-refractivity contribution in [1.82, 2.24) is 14.9 Å². The first-order chi connectivity index (χ1) is 14.9. The van der Waals surface area contributed by atoms with E-state index in [-0.39, 0.29) is 28.8 Å². The molecule has 4 aromatic rings. The van der Waals surface area contributed by atoms with Crippen molar-refractivity contribution in [3.8, 4) is 11.4 Å². The Morgan fingerprint density at radius 1 is 1.03 bits per heavy atom. The number of carbonyl (C=O) groups is 1. The summed E-state index contributed by atoms with van der Waals surface area (Å²) in [6, 6.07) is 10.9. The highest BCUT2D eigenvalue weighted by atomic mass is 19.1. The van der Waals surface area contributed by atoms with Crippen LogP contribution in [0.5, 0.6) is 5.75 Å². The Bertz CT molecular complexity index is 1390. The number of benzene rings is 2. The molecule has 0 radical (unpaired) electrons. The summed E-state index contributed by atoms with van der Waals surface area (Å²) in [4.78, 5) is 30.0. The van der Waals surface area contributed by atoms with Gasteiger partial charge in [0, 0.05) is 24.4 Å². The van der Waals surface area contributed by atoms with Crippen LogP contribution in [-0.4, -0.2) is 20.6 Å². The third-order valence-corrected chi connectivity index (χ3v) is 4.66. The first-order valence-electron chi connectivity index (χ1n) is 9.07. The maximum atomic E-state index is 13.8. The van der Waals surface area contributed by atoms with Gasteiger partial charge in [0.15, 0.2) is 5.65 Å². The van der Waals surface area contributed by atoms with Gasteiger partial charge in [-0.25, -0.2) is 18.2 Å². The van der Waals surface area contributed by atoms with Crippen molar-refractivity contribution in [2.45, 2.75) is 6.54 Å². The first kappa shape index (κ1) is 20.1.